The lowest BCUT2D eigenvalue weighted by atomic mass is 10.0. The van der Waals surface area contributed by atoms with Crippen molar-refractivity contribution in [1.82, 2.24) is 14.5 Å². The zero-order valence-electron chi connectivity index (χ0n) is 18.8. The number of hydrogen-bond donors (Lipinski definition) is 1. The monoisotopic (exact) mass is 563 g/mol. The van der Waals surface area contributed by atoms with Crippen LogP contribution in [0.2, 0.25) is 5.02 Å². The van der Waals surface area contributed by atoms with Gasteiger partial charge in [0, 0.05) is 48.3 Å². The molecular formula is C25H27BrClN3O3S. The molecule has 0 amide bonds. The minimum absolute atomic E-state index is 0.0518. The third kappa shape index (κ3) is 6.59. The molecule has 1 heterocycles. The summed E-state index contributed by atoms with van der Waals surface area (Å²) in [7, 11) is -1.58. The van der Waals surface area contributed by atoms with Gasteiger partial charge in [0.25, 0.3) is 0 Å². The van der Waals surface area contributed by atoms with E-state index in [0.717, 1.165) is 36.2 Å². The van der Waals surface area contributed by atoms with Crippen LogP contribution in [-0.4, -0.2) is 58.0 Å². The van der Waals surface area contributed by atoms with Crippen molar-refractivity contribution in [3.63, 3.8) is 0 Å². The normalized spacial score (nSPS) is 16.3. The molecule has 0 saturated carbocycles. The molecule has 0 spiro atoms. The number of likely N-dealkylation sites (N-methyl/N-ethyl adjacent to an activating group) is 1. The topological polar surface area (TPSA) is 61.9 Å². The maximum Gasteiger partial charge on any atom is 0.240 e. The van der Waals surface area contributed by atoms with Gasteiger partial charge < -0.3 is 9.64 Å². The highest BCUT2D eigenvalue weighted by Gasteiger charge is 2.26. The summed E-state index contributed by atoms with van der Waals surface area (Å²) in [6.07, 6.45) is 0. The van der Waals surface area contributed by atoms with Gasteiger partial charge in [0.15, 0.2) is 0 Å². The predicted molar refractivity (Wildman–Crippen MR) is 139 cm³/mol. The third-order valence-electron chi connectivity index (χ3n) is 5.88. The van der Waals surface area contributed by atoms with Crippen molar-refractivity contribution in [3.8, 4) is 11.5 Å². The number of ether oxygens (including phenoxy) is 1. The third-order valence-corrected chi connectivity index (χ3v) is 8.10. The molecule has 3 aromatic rings. The van der Waals surface area contributed by atoms with Gasteiger partial charge >= 0.3 is 0 Å². The van der Waals surface area contributed by atoms with Crippen LogP contribution in [0, 0.1) is 0 Å². The van der Waals surface area contributed by atoms with E-state index in [4.69, 9.17) is 16.3 Å². The molecule has 1 saturated heterocycles. The molecule has 180 valence electrons. The summed E-state index contributed by atoms with van der Waals surface area (Å²) in [4.78, 5) is 4.82. The second-order valence-corrected chi connectivity index (χ2v) is 11.4. The fourth-order valence-electron chi connectivity index (χ4n) is 3.87. The maximum atomic E-state index is 13.1. The van der Waals surface area contributed by atoms with E-state index in [1.54, 1.807) is 48.5 Å². The first-order valence-electron chi connectivity index (χ1n) is 11.0. The molecule has 1 aliphatic heterocycles. The smallest absolute Gasteiger partial charge is 0.240 e. The first-order valence-corrected chi connectivity index (χ1v) is 13.7. The van der Waals surface area contributed by atoms with Gasteiger partial charge in [0.05, 0.1) is 4.90 Å². The Kier molecular flexibility index (Phi) is 8.29. The molecule has 4 rings (SSSR count). The van der Waals surface area contributed by atoms with Crippen LogP contribution >= 0.6 is 27.5 Å². The predicted octanol–water partition coefficient (Wildman–Crippen LogP) is 5.16. The molecule has 1 unspecified atom stereocenters. The second-order valence-electron chi connectivity index (χ2n) is 8.29. The van der Waals surface area contributed by atoms with Crippen molar-refractivity contribution in [2.75, 3.05) is 39.8 Å². The van der Waals surface area contributed by atoms with Crippen molar-refractivity contribution in [2.24, 2.45) is 0 Å². The number of halogens is 2. The van der Waals surface area contributed by atoms with E-state index in [2.05, 4.69) is 37.5 Å². The number of rotatable bonds is 8. The zero-order chi connectivity index (χ0) is 24.1. The minimum atomic E-state index is -3.69. The first kappa shape index (κ1) is 25.2. The molecule has 1 N–H and O–H groups in total. The van der Waals surface area contributed by atoms with Crippen LogP contribution in [0.1, 0.15) is 11.6 Å². The molecule has 1 fully saturated rings. The molecule has 1 aliphatic rings. The highest BCUT2D eigenvalue weighted by atomic mass is 79.9. The Bertz CT molecular complexity index is 1180. The summed E-state index contributed by atoms with van der Waals surface area (Å²) in [5.41, 5.74) is 1.09. The van der Waals surface area contributed by atoms with Crippen LogP contribution in [0.3, 0.4) is 0 Å². The van der Waals surface area contributed by atoms with Crippen LogP contribution in [0.5, 0.6) is 11.5 Å². The number of nitrogens with zero attached hydrogens (tertiary/aromatic N) is 2. The van der Waals surface area contributed by atoms with Gasteiger partial charge in [-0.05, 0) is 73.3 Å². The molecular weight excluding hydrogens is 538 g/mol. The van der Waals surface area contributed by atoms with E-state index in [1.807, 2.05) is 24.3 Å². The standard InChI is InChI=1S/C25H27BrClN3O3S/c1-29-14-16-30(17-15-29)25(19-2-4-20(26)5-3-19)18-28-34(31,32)24-12-10-23(11-13-24)33-22-8-6-21(27)7-9-22/h2-13,25,28H,14-18H2,1H3. The summed E-state index contributed by atoms with van der Waals surface area (Å²) in [5, 5.41) is 0.623. The summed E-state index contributed by atoms with van der Waals surface area (Å²) in [6, 6.07) is 21.4. The zero-order valence-corrected chi connectivity index (χ0v) is 22.0. The highest BCUT2D eigenvalue weighted by molar-refractivity contribution is 9.10. The van der Waals surface area contributed by atoms with E-state index in [-0.39, 0.29) is 17.5 Å². The van der Waals surface area contributed by atoms with Crippen LogP contribution in [-0.2, 0) is 10.0 Å². The average molecular weight is 565 g/mol. The van der Waals surface area contributed by atoms with Crippen LogP contribution in [0.4, 0.5) is 0 Å². The van der Waals surface area contributed by atoms with E-state index in [0.29, 0.717) is 16.5 Å². The summed E-state index contributed by atoms with van der Waals surface area (Å²) in [5.74, 6) is 1.18. The Morgan fingerprint density at radius 2 is 1.47 bits per heavy atom. The Morgan fingerprint density at radius 1 is 0.912 bits per heavy atom. The van der Waals surface area contributed by atoms with Crippen molar-refractivity contribution in [3.05, 3.63) is 87.9 Å². The SMILES string of the molecule is CN1CCN(C(CNS(=O)(=O)c2ccc(Oc3ccc(Cl)cc3)cc2)c2ccc(Br)cc2)CC1. The Morgan fingerprint density at radius 3 is 2.06 bits per heavy atom. The molecule has 3 aromatic carbocycles. The summed E-state index contributed by atoms with van der Waals surface area (Å²) in [6.45, 7) is 3.96. The summed E-state index contributed by atoms with van der Waals surface area (Å²) < 4.78 is 35.7. The number of piperazine rings is 1. The van der Waals surface area contributed by atoms with Gasteiger partial charge in [-0.2, -0.15) is 0 Å². The molecule has 0 aromatic heterocycles. The van der Waals surface area contributed by atoms with E-state index in [9.17, 15) is 8.42 Å². The fraction of sp³-hybridized carbons (Fsp3) is 0.280. The van der Waals surface area contributed by atoms with Gasteiger partial charge in [-0.1, -0.05) is 39.7 Å². The molecule has 0 radical (unpaired) electrons. The molecule has 0 aliphatic carbocycles. The Balaban J connectivity index is 1.45. The Hall–Kier alpha value is -1.94. The first-order chi connectivity index (χ1) is 16.3. The molecule has 6 nitrogen and oxygen atoms in total. The second kappa shape index (κ2) is 11.2. The van der Waals surface area contributed by atoms with Gasteiger partial charge in [0.1, 0.15) is 11.5 Å². The lowest BCUT2D eigenvalue weighted by Crippen LogP contribution is -2.48. The van der Waals surface area contributed by atoms with Crippen molar-refractivity contribution >= 4 is 37.6 Å². The van der Waals surface area contributed by atoms with E-state index in [1.165, 1.54) is 0 Å². The number of hydrogen-bond acceptors (Lipinski definition) is 5. The van der Waals surface area contributed by atoms with Crippen molar-refractivity contribution in [1.29, 1.82) is 0 Å². The van der Waals surface area contributed by atoms with E-state index >= 15 is 0 Å². The lowest BCUT2D eigenvalue weighted by Gasteiger charge is -2.38. The highest BCUT2D eigenvalue weighted by Crippen LogP contribution is 2.26. The minimum Gasteiger partial charge on any atom is -0.457 e. The van der Waals surface area contributed by atoms with Crippen molar-refractivity contribution < 1.29 is 13.2 Å². The number of benzene rings is 3. The number of sulfonamides is 1. The van der Waals surface area contributed by atoms with Crippen LogP contribution < -0.4 is 9.46 Å². The number of nitrogens with one attached hydrogen (secondary N) is 1. The van der Waals surface area contributed by atoms with Crippen LogP contribution in [0.25, 0.3) is 0 Å². The van der Waals surface area contributed by atoms with Gasteiger partial charge in [0.2, 0.25) is 10.0 Å². The van der Waals surface area contributed by atoms with E-state index < -0.39 is 10.0 Å². The molecule has 9 heteroatoms. The van der Waals surface area contributed by atoms with Gasteiger partial charge in [-0.25, -0.2) is 13.1 Å². The molecule has 0 bridgehead atoms. The fourth-order valence-corrected chi connectivity index (χ4v) is 5.30. The molecule has 1 atom stereocenters. The average Bonchev–Trinajstić information content (AvgIpc) is 2.83. The summed E-state index contributed by atoms with van der Waals surface area (Å²) >= 11 is 9.38. The Labute approximate surface area is 214 Å². The largest absolute Gasteiger partial charge is 0.457 e. The van der Waals surface area contributed by atoms with Crippen molar-refractivity contribution in [2.45, 2.75) is 10.9 Å². The molecule has 34 heavy (non-hydrogen) atoms. The quantitative estimate of drug-likeness (QED) is 0.409. The lowest BCUT2D eigenvalue weighted by molar-refractivity contribution is 0.113. The maximum absolute atomic E-state index is 13.1. The van der Waals surface area contributed by atoms with Gasteiger partial charge in [-0.15, -0.1) is 0 Å². The van der Waals surface area contributed by atoms with Crippen LogP contribution in [0.15, 0.2) is 82.2 Å². The van der Waals surface area contributed by atoms with Gasteiger partial charge in [-0.3, -0.25) is 4.90 Å².